The van der Waals surface area contributed by atoms with Crippen molar-refractivity contribution in [2.45, 2.75) is 78.5 Å². The maximum atomic E-state index is 11.9. The highest BCUT2D eigenvalue weighted by molar-refractivity contribution is 5.67. The molecule has 1 aromatic heterocycles. The second kappa shape index (κ2) is 8.13. The summed E-state index contributed by atoms with van der Waals surface area (Å²) in [4.78, 5) is 20.7. The molecule has 0 aromatic carbocycles. The predicted octanol–water partition coefficient (Wildman–Crippen LogP) is 3.44. The SMILES string of the molecule is Cc1ncc(C(C)NC2CCCC2CNC(=O)OC(C)(C)C)c(C)n1. The molecule has 1 aromatic rings. The van der Waals surface area contributed by atoms with Gasteiger partial charge in [0.05, 0.1) is 0 Å². The fourth-order valence-electron chi connectivity index (χ4n) is 3.46. The minimum atomic E-state index is -0.463. The molecular formula is C19H32N4O2. The molecule has 2 rings (SSSR count). The maximum absolute atomic E-state index is 11.9. The van der Waals surface area contributed by atoms with Crippen LogP contribution in [0, 0.1) is 19.8 Å². The second-order valence-electron chi connectivity index (χ2n) is 8.03. The third kappa shape index (κ3) is 5.96. The molecule has 0 spiro atoms. The number of aromatic nitrogens is 2. The van der Waals surface area contributed by atoms with Crippen LogP contribution in [0.3, 0.4) is 0 Å². The van der Waals surface area contributed by atoms with Gasteiger partial charge < -0.3 is 15.4 Å². The van der Waals surface area contributed by atoms with Crippen molar-refractivity contribution < 1.29 is 9.53 Å². The highest BCUT2D eigenvalue weighted by Crippen LogP contribution is 2.28. The molecule has 1 aliphatic carbocycles. The normalized spacial score (nSPS) is 21.8. The zero-order chi connectivity index (χ0) is 18.6. The van der Waals surface area contributed by atoms with Crippen molar-refractivity contribution in [2.24, 2.45) is 5.92 Å². The predicted molar refractivity (Wildman–Crippen MR) is 98.4 cm³/mol. The smallest absolute Gasteiger partial charge is 0.407 e. The van der Waals surface area contributed by atoms with Gasteiger partial charge in [-0.2, -0.15) is 0 Å². The monoisotopic (exact) mass is 348 g/mol. The Morgan fingerprint density at radius 2 is 2.08 bits per heavy atom. The van der Waals surface area contributed by atoms with E-state index in [1.165, 1.54) is 6.42 Å². The van der Waals surface area contributed by atoms with Crippen LogP contribution < -0.4 is 10.6 Å². The van der Waals surface area contributed by atoms with Crippen molar-refractivity contribution in [2.75, 3.05) is 6.54 Å². The summed E-state index contributed by atoms with van der Waals surface area (Å²) in [6.45, 7) is 12.4. The van der Waals surface area contributed by atoms with Gasteiger partial charge in [0.25, 0.3) is 0 Å². The Labute approximate surface area is 151 Å². The van der Waals surface area contributed by atoms with Crippen molar-refractivity contribution in [3.63, 3.8) is 0 Å². The summed E-state index contributed by atoms with van der Waals surface area (Å²) < 4.78 is 5.32. The first kappa shape index (κ1) is 19.6. The number of ether oxygens (including phenoxy) is 1. The van der Waals surface area contributed by atoms with E-state index < -0.39 is 5.60 Å². The lowest BCUT2D eigenvalue weighted by molar-refractivity contribution is 0.0517. The molecule has 0 radical (unpaired) electrons. The first-order valence-corrected chi connectivity index (χ1v) is 9.19. The number of nitrogens with one attached hydrogen (secondary N) is 2. The lowest BCUT2D eigenvalue weighted by Gasteiger charge is -2.26. The van der Waals surface area contributed by atoms with Gasteiger partial charge in [-0.05, 0) is 60.3 Å². The first-order valence-electron chi connectivity index (χ1n) is 9.19. The zero-order valence-corrected chi connectivity index (χ0v) is 16.3. The van der Waals surface area contributed by atoms with E-state index in [4.69, 9.17) is 4.74 Å². The van der Waals surface area contributed by atoms with E-state index in [-0.39, 0.29) is 12.1 Å². The quantitative estimate of drug-likeness (QED) is 0.852. The van der Waals surface area contributed by atoms with Crippen LogP contribution in [0.2, 0.25) is 0 Å². The minimum absolute atomic E-state index is 0.188. The van der Waals surface area contributed by atoms with Gasteiger partial charge in [0.2, 0.25) is 0 Å². The summed E-state index contributed by atoms with van der Waals surface area (Å²) in [5, 5.41) is 6.62. The van der Waals surface area contributed by atoms with Crippen molar-refractivity contribution in [3.05, 3.63) is 23.3 Å². The van der Waals surface area contributed by atoms with Gasteiger partial charge in [-0.25, -0.2) is 14.8 Å². The summed E-state index contributed by atoms with van der Waals surface area (Å²) in [6.07, 6.45) is 4.99. The number of rotatable bonds is 5. The largest absolute Gasteiger partial charge is 0.444 e. The molecule has 3 atom stereocenters. The number of nitrogens with zero attached hydrogens (tertiary/aromatic N) is 2. The Kier molecular flexibility index (Phi) is 6.38. The van der Waals surface area contributed by atoms with Gasteiger partial charge in [-0.1, -0.05) is 6.42 Å². The van der Waals surface area contributed by atoms with Gasteiger partial charge >= 0.3 is 6.09 Å². The summed E-state index contributed by atoms with van der Waals surface area (Å²) >= 11 is 0. The van der Waals surface area contributed by atoms with Crippen LogP contribution in [-0.4, -0.2) is 34.2 Å². The molecule has 2 N–H and O–H groups in total. The van der Waals surface area contributed by atoms with Crippen molar-refractivity contribution in [1.29, 1.82) is 0 Å². The van der Waals surface area contributed by atoms with Crippen LogP contribution in [-0.2, 0) is 4.74 Å². The average Bonchev–Trinajstić information content (AvgIpc) is 2.90. The topological polar surface area (TPSA) is 76.1 Å². The van der Waals surface area contributed by atoms with Gasteiger partial charge in [0.15, 0.2) is 0 Å². The Bertz CT molecular complexity index is 598. The third-order valence-electron chi connectivity index (χ3n) is 4.63. The van der Waals surface area contributed by atoms with Crippen LogP contribution in [0.5, 0.6) is 0 Å². The van der Waals surface area contributed by atoms with Crippen molar-refractivity contribution in [1.82, 2.24) is 20.6 Å². The molecule has 6 heteroatoms. The molecule has 3 unspecified atom stereocenters. The Balaban J connectivity index is 1.89. The highest BCUT2D eigenvalue weighted by Gasteiger charge is 2.29. The minimum Gasteiger partial charge on any atom is -0.444 e. The van der Waals surface area contributed by atoms with Crippen LogP contribution >= 0.6 is 0 Å². The summed E-state index contributed by atoms with van der Waals surface area (Å²) in [5.74, 6) is 1.22. The van der Waals surface area contributed by atoms with Crippen molar-refractivity contribution in [3.8, 4) is 0 Å². The Morgan fingerprint density at radius 3 is 2.72 bits per heavy atom. The molecule has 140 valence electrons. The van der Waals surface area contributed by atoms with E-state index in [0.29, 0.717) is 18.5 Å². The maximum Gasteiger partial charge on any atom is 0.407 e. The second-order valence-corrected chi connectivity index (χ2v) is 8.03. The molecule has 0 bridgehead atoms. The molecule has 0 saturated heterocycles. The van der Waals surface area contributed by atoms with E-state index in [0.717, 1.165) is 29.9 Å². The van der Waals surface area contributed by atoms with E-state index in [1.807, 2.05) is 40.8 Å². The number of hydrogen-bond donors (Lipinski definition) is 2. The molecule has 1 heterocycles. The Morgan fingerprint density at radius 1 is 1.36 bits per heavy atom. The standard InChI is InChI=1S/C19H32N4O2/c1-12-16(11-20-14(3)22-12)13(2)23-17-9-7-8-15(17)10-21-18(24)25-19(4,5)6/h11,13,15,17,23H,7-10H2,1-6H3,(H,21,24). The number of carbonyl (C=O) groups excluding carboxylic acids is 1. The fourth-order valence-corrected chi connectivity index (χ4v) is 3.46. The van der Waals surface area contributed by atoms with E-state index in [9.17, 15) is 4.79 Å². The van der Waals surface area contributed by atoms with E-state index in [1.54, 1.807) is 0 Å². The summed E-state index contributed by atoms with van der Waals surface area (Å²) in [6, 6.07) is 0.568. The van der Waals surface area contributed by atoms with E-state index in [2.05, 4.69) is 27.5 Å². The number of hydrogen-bond acceptors (Lipinski definition) is 5. The van der Waals surface area contributed by atoms with Gasteiger partial charge in [-0.3, -0.25) is 0 Å². The van der Waals surface area contributed by atoms with Gasteiger partial charge in [0.1, 0.15) is 11.4 Å². The number of amides is 1. The molecule has 1 saturated carbocycles. The summed E-state index contributed by atoms with van der Waals surface area (Å²) in [7, 11) is 0. The number of alkyl carbamates (subject to hydrolysis) is 1. The highest BCUT2D eigenvalue weighted by atomic mass is 16.6. The number of aryl methyl sites for hydroxylation is 2. The van der Waals surface area contributed by atoms with Crippen LogP contribution in [0.4, 0.5) is 4.79 Å². The fraction of sp³-hybridized carbons (Fsp3) is 0.737. The number of carbonyl (C=O) groups is 1. The first-order chi connectivity index (χ1) is 11.7. The van der Waals surface area contributed by atoms with Crippen LogP contribution in [0.25, 0.3) is 0 Å². The molecule has 6 nitrogen and oxygen atoms in total. The molecule has 1 amide bonds. The molecule has 25 heavy (non-hydrogen) atoms. The van der Waals surface area contributed by atoms with Gasteiger partial charge in [0, 0.05) is 36.1 Å². The zero-order valence-electron chi connectivity index (χ0n) is 16.3. The average molecular weight is 348 g/mol. The molecule has 1 aliphatic rings. The molecule has 0 aliphatic heterocycles. The van der Waals surface area contributed by atoms with E-state index >= 15 is 0 Å². The Hall–Kier alpha value is -1.69. The molecular weight excluding hydrogens is 316 g/mol. The molecule has 1 fully saturated rings. The third-order valence-corrected chi connectivity index (χ3v) is 4.63. The summed E-state index contributed by atoms with van der Waals surface area (Å²) in [5.41, 5.74) is 1.69. The van der Waals surface area contributed by atoms with Crippen LogP contribution in [0.15, 0.2) is 6.20 Å². The lowest BCUT2D eigenvalue weighted by atomic mass is 10.0. The lowest BCUT2D eigenvalue weighted by Crippen LogP contribution is -2.41. The van der Waals surface area contributed by atoms with Gasteiger partial charge in [-0.15, -0.1) is 0 Å². The van der Waals surface area contributed by atoms with Crippen LogP contribution in [0.1, 0.15) is 70.1 Å². The van der Waals surface area contributed by atoms with Crippen molar-refractivity contribution >= 4 is 6.09 Å².